The van der Waals surface area contributed by atoms with Crippen molar-refractivity contribution in [3.63, 3.8) is 0 Å². The van der Waals surface area contributed by atoms with Crippen molar-refractivity contribution in [3.05, 3.63) is 40.6 Å². The van der Waals surface area contributed by atoms with Gasteiger partial charge in [-0.1, -0.05) is 25.1 Å². The first-order chi connectivity index (χ1) is 16.8. The van der Waals surface area contributed by atoms with Crippen molar-refractivity contribution >= 4 is 17.4 Å². The van der Waals surface area contributed by atoms with E-state index in [4.69, 9.17) is 28.5 Å². The van der Waals surface area contributed by atoms with Crippen LogP contribution < -0.4 is 0 Å². The van der Waals surface area contributed by atoms with Crippen molar-refractivity contribution in [1.82, 2.24) is 5.06 Å². The number of methoxy groups -OCH3 is 1. The molecule has 0 bridgehead atoms. The van der Waals surface area contributed by atoms with Gasteiger partial charge in [0.05, 0.1) is 18.8 Å². The first-order valence-corrected chi connectivity index (χ1v) is 12.2. The Labute approximate surface area is 206 Å². The van der Waals surface area contributed by atoms with E-state index in [0.29, 0.717) is 50.2 Å². The maximum atomic E-state index is 14.0. The smallest absolute Gasteiger partial charge is 0.310 e. The second-order valence-electron chi connectivity index (χ2n) is 9.25. The highest BCUT2D eigenvalue weighted by Crippen LogP contribution is 2.53. The number of amides is 1. The zero-order valence-electron chi connectivity index (χ0n) is 21.2. The standard InChI is InChI=1S/C26H35NO8/c1-6-20(28)35-23-22(21-17(2)8-7-9-18(21)3)24(29)27(34-16-31-19(4)30-5)25(23)10-12-26(13-11-25)32-14-15-33-26/h7-9,19H,6,10-16H2,1-5H3. The molecule has 1 saturated carbocycles. The summed E-state index contributed by atoms with van der Waals surface area (Å²) in [4.78, 5) is 32.6. The quantitative estimate of drug-likeness (QED) is 0.403. The Morgan fingerprint density at radius 3 is 2.31 bits per heavy atom. The van der Waals surface area contributed by atoms with Gasteiger partial charge in [0.15, 0.2) is 18.9 Å². The zero-order chi connectivity index (χ0) is 25.2. The number of nitrogens with zero attached hydrogens (tertiary/aromatic N) is 1. The summed E-state index contributed by atoms with van der Waals surface area (Å²) in [5, 5.41) is 1.34. The Morgan fingerprint density at radius 1 is 1.11 bits per heavy atom. The van der Waals surface area contributed by atoms with Gasteiger partial charge < -0.3 is 23.7 Å². The van der Waals surface area contributed by atoms with Crippen LogP contribution in [0.2, 0.25) is 0 Å². The van der Waals surface area contributed by atoms with Gasteiger partial charge in [0, 0.05) is 26.4 Å². The summed E-state index contributed by atoms with van der Waals surface area (Å²) < 4.78 is 28.5. The number of hydrogen-bond donors (Lipinski definition) is 0. The molecule has 3 aliphatic rings. The highest BCUT2D eigenvalue weighted by atomic mass is 16.8. The normalized spacial score (nSPS) is 21.9. The molecule has 1 atom stereocenters. The summed E-state index contributed by atoms with van der Waals surface area (Å²) >= 11 is 0. The van der Waals surface area contributed by atoms with Crippen molar-refractivity contribution in [3.8, 4) is 0 Å². The van der Waals surface area contributed by atoms with Crippen LogP contribution in [0.4, 0.5) is 0 Å². The lowest BCUT2D eigenvalue weighted by Crippen LogP contribution is -2.54. The van der Waals surface area contributed by atoms with Crippen LogP contribution in [0.5, 0.6) is 0 Å². The molecular formula is C26H35NO8. The first kappa shape index (κ1) is 25.8. The molecule has 9 nitrogen and oxygen atoms in total. The first-order valence-electron chi connectivity index (χ1n) is 12.2. The molecule has 0 aromatic heterocycles. The summed E-state index contributed by atoms with van der Waals surface area (Å²) in [6.07, 6.45) is 1.62. The molecule has 9 heteroatoms. The molecule has 2 spiro atoms. The van der Waals surface area contributed by atoms with Gasteiger partial charge in [0.25, 0.3) is 5.91 Å². The lowest BCUT2D eigenvalue weighted by Gasteiger charge is -2.45. The summed E-state index contributed by atoms with van der Waals surface area (Å²) in [5.41, 5.74) is 1.93. The van der Waals surface area contributed by atoms with Crippen LogP contribution >= 0.6 is 0 Å². The van der Waals surface area contributed by atoms with Crippen LogP contribution in [0.15, 0.2) is 24.0 Å². The molecule has 2 fully saturated rings. The molecule has 2 aliphatic heterocycles. The van der Waals surface area contributed by atoms with Crippen molar-refractivity contribution in [2.45, 2.75) is 77.4 Å². The molecule has 1 aliphatic carbocycles. The second-order valence-corrected chi connectivity index (χ2v) is 9.25. The molecule has 0 N–H and O–H groups in total. The van der Waals surface area contributed by atoms with E-state index in [-0.39, 0.29) is 19.1 Å². The van der Waals surface area contributed by atoms with Crippen molar-refractivity contribution in [2.75, 3.05) is 27.1 Å². The fourth-order valence-electron chi connectivity index (χ4n) is 5.17. The van der Waals surface area contributed by atoms with Crippen molar-refractivity contribution < 1.29 is 38.1 Å². The monoisotopic (exact) mass is 489 g/mol. The number of rotatable bonds is 8. The number of esters is 1. The van der Waals surface area contributed by atoms with Crippen LogP contribution in [0.25, 0.3) is 5.57 Å². The van der Waals surface area contributed by atoms with Crippen LogP contribution in [0, 0.1) is 13.8 Å². The van der Waals surface area contributed by atoms with E-state index in [2.05, 4.69) is 0 Å². The van der Waals surface area contributed by atoms with E-state index in [1.54, 1.807) is 13.8 Å². The average Bonchev–Trinajstić information content (AvgIpc) is 3.38. The molecule has 1 unspecified atom stereocenters. The third kappa shape index (κ3) is 4.75. The lowest BCUT2D eigenvalue weighted by atomic mass is 9.77. The van der Waals surface area contributed by atoms with Gasteiger partial charge in [-0.15, -0.1) is 0 Å². The SMILES string of the molecule is CCC(=O)OC1=C(c2c(C)cccc2C)C(=O)N(OCOC(C)OC)C12CCC1(CC2)OCCO1. The maximum Gasteiger partial charge on any atom is 0.310 e. The molecule has 192 valence electrons. The van der Waals surface area contributed by atoms with E-state index < -0.39 is 23.6 Å². The second kappa shape index (κ2) is 10.4. The number of ether oxygens (including phenoxy) is 5. The van der Waals surface area contributed by atoms with Crippen LogP contribution in [0.3, 0.4) is 0 Å². The molecule has 4 rings (SSSR count). The number of hydrogen-bond acceptors (Lipinski definition) is 8. The number of aryl methyl sites for hydroxylation is 2. The van der Waals surface area contributed by atoms with Gasteiger partial charge in [-0.05, 0) is 50.3 Å². The van der Waals surface area contributed by atoms with Crippen LogP contribution in [0.1, 0.15) is 62.6 Å². The third-order valence-corrected chi connectivity index (χ3v) is 7.14. The molecule has 1 saturated heterocycles. The summed E-state index contributed by atoms with van der Waals surface area (Å²) in [7, 11) is 1.53. The zero-order valence-corrected chi connectivity index (χ0v) is 21.2. The highest BCUT2D eigenvalue weighted by Gasteiger charge is 2.60. The molecule has 1 amide bonds. The highest BCUT2D eigenvalue weighted by molar-refractivity contribution is 6.23. The number of hydroxylamine groups is 2. The maximum absolute atomic E-state index is 14.0. The van der Waals surface area contributed by atoms with E-state index in [0.717, 1.165) is 16.7 Å². The number of carbonyl (C=O) groups is 2. The van der Waals surface area contributed by atoms with Gasteiger partial charge in [-0.25, -0.2) is 9.90 Å². The van der Waals surface area contributed by atoms with Gasteiger partial charge >= 0.3 is 5.97 Å². The van der Waals surface area contributed by atoms with Crippen molar-refractivity contribution in [1.29, 1.82) is 0 Å². The summed E-state index contributed by atoms with van der Waals surface area (Å²) in [6.45, 7) is 8.23. The summed E-state index contributed by atoms with van der Waals surface area (Å²) in [5.74, 6) is -1.11. The Hall–Kier alpha value is -2.30. The van der Waals surface area contributed by atoms with E-state index in [9.17, 15) is 9.59 Å². The Morgan fingerprint density at radius 2 is 1.74 bits per heavy atom. The Kier molecular flexibility index (Phi) is 7.63. The molecule has 35 heavy (non-hydrogen) atoms. The number of benzene rings is 1. The average molecular weight is 490 g/mol. The molecular weight excluding hydrogens is 454 g/mol. The van der Waals surface area contributed by atoms with Crippen LogP contribution in [-0.4, -0.2) is 61.7 Å². The van der Waals surface area contributed by atoms with Gasteiger partial charge in [0.1, 0.15) is 11.3 Å². The molecule has 2 heterocycles. The topological polar surface area (TPSA) is 92.8 Å². The summed E-state index contributed by atoms with van der Waals surface area (Å²) in [6, 6.07) is 5.82. The minimum absolute atomic E-state index is 0.180. The predicted molar refractivity (Wildman–Crippen MR) is 125 cm³/mol. The number of carbonyl (C=O) groups excluding carboxylic acids is 2. The largest absolute Gasteiger partial charge is 0.428 e. The fraction of sp³-hybridized carbons (Fsp3) is 0.615. The lowest BCUT2D eigenvalue weighted by molar-refractivity contribution is -0.288. The van der Waals surface area contributed by atoms with Crippen LogP contribution in [-0.2, 0) is 38.1 Å². The van der Waals surface area contributed by atoms with Crippen molar-refractivity contribution in [2.24, 2.45) is 0 Å². The molecule has 1 aromatic carbocycles. The Bertz CT molecular complexity index is 967. The Balaban J connectivity index is 1.79. The van der Waals surface area contributed by atoms with Gasteiger partial charge in [-0.2, -0.15) is 0 Å². The minimum Gasteiger partial charge on any atom is -0.428 e. The van der Waals surface area contributed by atoms with Gasteiger partial charge in [0.2, 0.25) is 0 Å². The fourth-order valence-corrected chi connectivity index (χ4v) is 5.17. The predicted octanol–water partition coefficient (Wildman–Crippen LogP) is 3.76. The molecule has 0 radical (unpaired) electrons. The van der Waals surface area contributed by atoms with E-state index in [1.807, 2.05) is 32.0 Å². The van der Waals surface area contributed by atoms with Gasteiger partial charge in [-0.3, -0.25) is 9.59 Å². The van der Waals surface area contributed by atoms with E-state index in [1.165, 1.54) is 12.2 Å². The minimum atomic E-state index is -0.994. The third-order valence-electron chi connectivity index (χ3n) is 7.14. The molecule has 1 aromatic rings. The van der Waals surface area contributed by atoms with E-state index >= 15 is 0 Å².